The second-order valence-corrected chi connectivity index (χ2v) is 3.09. The molecular formula is C8H10F3NO2. The molecule has 1 amide bonds. The van der Waals surface area contributed by atoms with Gasteiger partial charge in [0.25, 0.3) is 0 Å². The molecule has 0 aromatic rings. The lowest BCUT2D eigenvalue weighted by molar-refractivity contribution is -0.160. The fourth-order valence-corrected chi connectivity index (χ4v) is 0.475. The molecule has 0 fully saturated rings. The third kappa shape index (κ3) is 6.17. The Kier molecular flexibility index (Phi) is 3.81. The van der Waals surface area contributed by atoms with Gasteiger partial charge in [-0.15, -0.1) is 6.42 Å². The van der Waals surface area contributed by atoms with Crippen LogP contribution >= 0.6 is 0 Å². The van der Waals surface area contributed by atoms with Gasteiger partial charge in [0.15, 0.2) is 6.61 Å². The number of rotatable bonds is 2. The maximum atomic E-state index is 11.6. The first-order valence-electron chi connectivity index (χ1n) is 3.66. The molecule has 0 unspecified atom stereocenters. The Morgan fingerprint density at radius 2 is 2.00 bits per heavy atom. The van der Waals surface area contributed by atoms with Crippen LogP contribution in [0, 0.1) is 12.3 Å². The van der Waals surface area contributed by atoms with Crippen molar-refractivity contribution in [3.63, 3.8) is 0 Å². The van der Waals surface area contributed by atoms with Gasteiger partial charge in [0.2, 0.25) is 0 Å². The van der Waals surface area contributed by atoms with Crippen molar-refractivity contribution in [3.8, 4) is 12.3 Å². The Labute approximate surface area is 79.6 Å². The van der Waals surface area contributed by atoms with Gasteiger partial charge in [0.05, 0.1) is 5.54 Å². The number of amides is 1. The molecule has 0 aliphatic rings. The number of carbonyl (C=O) groups excluding carboxylic acids is 1. The van der Waals surface area contributed by atoms with Crippen LogP contribution in [-0.4, -0.2) is 24.4 Å². The lowest BCUT2D eigenvalue weighted by Crippen LogP contribution is -2.43. The van der Waals surface area contributed by atoms with E-state index in [0.29, 0.717) is 0 Å². The van der Waals surface area contributed by atoms with E-state index in [2.05, 4.69) is 16.0 Å². The van der Waals surface area contributed by atoms with Gasteiger partial charge in [-0.05, 0) is 13.8 Å². The molecule has 0 bridgehead atoms. The average molecular weight is 209 g/mol. The summed E-state index contributed by atoms with van der Waals surface area (Å²) < 4.78 is 38.6. The zero-order valence-electron chi connectivity index (χ0n) is 7.73. The molecule has 0 aromatic heterocycles. The quantitative estimate of drug-likeness (QED) is 0.703. The van der Waals surface area contributed by atoms with E-state index in [1.165, 1.54) is 13.8 Å². The number of alkyl halides is 3. The zero-order chi connectivity index (χ0) is 11.4. The van der Waals surface area contributed by atoms with Crippen LogP contribution in [0.15, 0.2) is 0 Å². The Hall–Kier alpha value is -1.38. The minimum atomic E-state index is -4.53. The van der Waals surface area contributed by atoms with Crippen molar-refractivity contribution in [2.24, 2.45) is 0 Å². The topological polar surface area (TPSA) is 38.3 Å². The number of halogens is 3. The molecule has 0 atom stereocenters. The van der Waals surface area contributed by atoms with Gasteiger partial charge in [-0.1, -0.05) is 5.92 Å². The van der Waals surface area contributed by atoms with Crippen molar-refractivity contribution in [3.05, 3.63) is 0 Å². The monoisotopic (exact) mass is 209 g/mol. The number of nitrogens with one attached hydrogen (secondary N) is 1. The van der Waals surface area contributed by atoms with Gasteiger partial charge in [-0.3, -0.25) is 0 Å². The van der Waals surface area contributed by atoms with Crippen LogP contribution in [-0.2, 0) is 4.74 Å². The summed E-state index contributed by atoms with van der Waals surface area (Å²) >= 11 is 0. The lowest BCUT2D eigenvalue weighted by Gasteiger charge is -2.19. The molecule has 14 heavy (non-hydrogen) atoms. The van der Waals surface area contributed by atoms with Gasteiger partial charge in [0.1, 0.15) is 0 Å². The molecular weight excluding hydrogens is 199 g/mol. The van der Waals surface area contributed by atoms with Gasteiger partial charge >= 0.3 is 12.3 Å². The first kappa shape index (κ1) is 12.6. The number of carbonyl (C=O) groups is 1. The van der Waals surface area contributed by atoms with E-state index in [-0.39, 0.29) is 0 Å². The van der Waals surface area contributed by atoms with Crippen LogP contribution in [0.2, 0.25) is 0 Å². The fraction of sp³-hybridized carbons (Fsp3) is 0.625. The summed E-state index contributed by atoms with van der Waals surface area (Å²) in [6.45, 7) is 1.29. The second-order valence-electron chi connectivity index (χ2n) is 3.09. The summed E-state index contributed by atoms with van der Waals surface area (Å²) in [7, 11) is 0. The van der Waals surface area contributed by atoms with E-state index in [9.17, 15) is 18.0 Å². The molecule has 1 N–H and O–H groups in total. The van der Waals surface area contributed by atoms with Crippen molar-refractivity contribution < 1.29 is 22.7 Å². The van der Waals surface area contributed by atoms with E-state index in [1.54, 1.807) is 0 Å². The number of terminal acetylenes is 1. The van der Waals surface area contributed by atoms with Gasteiger partial charge in [0, 0.05) is 0 Å². The fourth-order valence-electron chi connectivity index (χ4n) is 0.475. The van der Waals surface area contributed by atoms with Gasteiger partial charge < -0.3 is 10.1 Å². The van der Waals surface area contributed by atoms with Crippen LogP contribution in [0.3, 0.4) is 0 Å². The maximum Gasteiger partial charge on any atom is 0.422 e. The number of hydrogen-bond acceptors (Lipinski definition) is 2. The first-order chi connectivity index (χ1) is 6.16. The maximum absolute atomic E-state index is 11.6. The highest BCUT2D eigenvalue weighted by Gasteiger charge is 2.30. The summed E-state index contributed by atoms with van der Waals surface area (Å²) in [6, 6.07) is 0. The molecule has 6 heteroatoms. The van der Waals surface area contributed by atoms with Crippen LogP contribution in [0.1, 0.15) is 13.8 Å². The van der Waals surface area contributed by atoms with E-state index >= 15 is 0 Å². The van der Waals surface area contributed by atoms with Crippen molar-refractivity contribution in [1.29, 1.82) is 0 Å². The third-order valence-electron chi connectivity index (χ3n) is 1.14. The van der Waals surface area contributed by atoms with Gasteiger partial charge in [-0.25, -0.2) is 4.79 Å². The van der Waals surface area contributed by atoms with Crippen LogP contribution in [0.25, 0.3) is 0 Å². The number of hydrogen-bond donors (Lipinski definition) is 1. The van der Waals surface area contributed by atoms with E-state index in [0.717, 1.165) is 0 Å². The summed E-state index contributed by atoms with van der Waals surface area (Å²) in [5.41, 5.74) is -1.03. The number of ether oxygens (including phenoxy) is 1. The highest BCUT2D eigenvalue weighted by Crippen LogP contribution is 2.14. The summed E-state index contributed by atoms with van der Waals surface area (Å²) in [5.74, 6) is 2.18. The van der Waals surface area contributed by atoms with Gasteiger partial charge in [-0.2, -0.15) is 13.2 Å². The SMILES string of the molecule is C#CC(C)(C)NC(=O)OCC(F)(F)F. The summed E-state index contributed by atoms with van der Waals surface area (Å²) in [4.78, 5) is 10.7. The molecule has 0 aliphatic heterocycles. The Bertz CT molecular complexity index is 252. The molecule has 0 spiro atoms. The van der Waals surface area contributed by atoms with E-state index < -0.39 is 24.4 Å². The molecule has 0 saturated carbocycles. The minimum Gasteiger partial charge on any atom is -0.440 e. The number of alkyl carbamates (subject to hydrolysis) is 1. The molecule has 0 saturated heterocycles. The highest BCUT2D eigenvalue weighted by molar-refractivity contribution is 5.68. The van der Waals surface area contributed by atoms with E-state index in [1.807, 2.05) is 0 Å². The molecule has 0 heterocycles. The van der Waals surface area contributed by atoms with Crippen molar-refractivity contribution in [2.75, 3.05) is 6.61 Å². The first-order valence-corrected chi connectivity index (χ1v) is 3.66. The van der Waals surface area contributed by atoms with Crippen LogP contribution in [0.5, 0.6) is 0 Å². The summed E-state index contributed by atoms with van der Waals surface area (Å²) in [5, 5.41) is 2.08. The van der Waals surface area contributed by atoms with Crippen LogP contribution < -0.4 is 5.32 Å². The van der Waals surface area contributed by atoms with Crippen LogP contribution in [0.4, 0.5) is 18.0 Å². The third-order valence-corrected chi connectivity index (χ3v) is 1.14. The molecule has 0 rings (SSSR count). The second kappa shape index (κ2) is 4.22. The lowest BCUT2D eigenvalue weighted by atomic mass is 10.1. The van der Waals surface area contributed by atoms with Crippen molar-refractivity contribution in [2.45, 2.75) is 25.6 Å². The molecule has 0 radical (unpaired) electrons. The summed E-state index contributed by atoms with van der Waals surface area (Å²) in [6.07, 6.45) is -0.726. The smallest absolute Gasteiger partial charge is 0.422 e. The zero-order valence-corrected chi connectivity index (χ0v) is 7.73. The normalized spacial score (nSPS) is 11.7. The Morgan fingerprint density at radius 3 is 2.36 bits per heavy atom. The van der Waals surface area contributed by atoms with Crippen molar-refractivity contribution >= 4 is 6.09 Å². The largest absolute Gasteiger partial charge is 0.440 e. The van der Waals surface area contributed by atoms with Crippen molar-refractivity contribution in [1.82, 2.24) is 5.32 Å². The molecule has 80 valence electrons. The predicted molar refractivity (Wildman–Crippen MR) is 43.5 cm³/mol. The standard InChI is InChI=1S/C8H10F3NO2/c1-4-7(2,3)12-6(13)14-5-8(9,10)11/h1H,5H2,2-3H3,(H,12,13). The molecule has 0 aliphatic carbocycles. The highest BCUT2D eigenvalue weighted by atomic mass is 19.4. The Morgan fingerprint density at radius 1 is 1.50 bits per heavy atom. The average Bonchev–Trinajstić information content (AvgIpc) is 1.99. The Balaban J connectivity index is 3.97. The molecule has 3 nitrogen and oxygen atoms in total. The van der Waals surface area contributed by atoms with E-state index in [4.69, 9.17) is 6.42 Å². The minimum absolute atomic E-state index is 1.03. The molecule has 0 aromatic carbocycles. The predicted octanol–water partition coefficient (Wildman–Crippen LogP) is 1.69.